The number of nitrogens with zero attached hydrogens (tertiary/aromatic N) is 2. The third-order valence-corrected chi connectivity index (χ3v) is 8.19. The first kappa shape index (κ1) is 23.8. The first-order chi connectivity index (χ1) is 15.9. The highest BCUT2D eigenvalue weighted by Crippen LogP contribution is 2.28. The van der Waals surface area contributed by atoms with Crippen LogP contribution in [0.4, 0.5) is 5.69 Å². The van der Waals surface area contributed by atoms with E-state index in [0.29, 0.717) is 51.4 Å². The molecular formula is C24H33N3O5S. The third-order valence-electron chi connectivity index (χ3n) is 6.30. The summed E-state index contributed by atoms with van der Waals surface area (Å²) in [6.07, 6.45) is 5.86. The highest BCUT2D eigenvalue weighted by molar-refractivity contribution is 7.89. The van der Waals surface area contributed by atoms with Crippen LogP contribution in [0.5, 0.6) is 0 Å². The lowest BCUT2D eigenvalue weighted by molar-refractivity contribution is 0.0936. The number of hydrogen-bond acceptors (Lipinski definition) is 6. The number of morpholine rings is 1. The summed E-state index contributed by atoms with van der Waals surface area (Å²) in [5, 5.41) is 3.05. The van der Waals surface area contributed by atoms with Crippen LogP contribution in [0.1, 0.15) is 48.7 Å². The van der Waals surface area contributed by atoms with Crippen LogP contribution in [0, 0.1) is 0 Å². The molecule has 2 fully saturated rings. The molecule has 2 aliphatic rings. The maximum atomic E-state index is 13.3. The van der Waals surface area contributed by atoms with Crippen LogP contribution in [-0.2, 0) is 21.2 Å². The zero-order chi connectivity index (χ0) is 23.3. The zero-order valence-electron chi connectivity index (χ0n) is 19.2. The van der Waals surface area contributed by atoms with Crippen LogP contribution in [-0.4, -0.2) is 64.1 Å². The van der Waals surface area contributed by atoms with Gasteiger partial charge in [0.05, 0.1) is 29.9 Å². The Balaban J connectivity index is 1.57. The zero-order valence-corrected chi connectivity index (χ0v) is 20.0. The average molecular weight is 476 g/mol. The maximum Gasteiger partial charge on any atom is 0.253 e. The van der Waals surface area contributed by atoms with Crippen molar-refractivity contribution in [3.05, 3.63) is 47.9 Å². The molecule has 1 atom stereocenters. The molecule has 2 aliphatic heterocycles. The van der Waals surface area contributed by atoms with Gasteiger partial charge in [-0.2, -0.15) is 4.31 Å². The summed E-state index contributed by atoms with van der Waals surface area (Å²) >= 11 is 0. The summed E-state index contributed by atoms with van der Waals surface area (Å²) in [5.74, 6) is 0.610. The molecule has 1 N–H and O–H groups in total. The fraction of sp³-hybridized carbons (Fsp3) is 0.542. The number of benzene rings is 1. The van der Waals surface area contributed by atoms with Gasteiger partial charge in [-0.05, 0) is 56.5 Å². The molecule has 3 heterocycles. The number of nitrogens with one attached hydrogen (secondary N) is 1. The van der Waals surface area contributed by atoms with Crippen molar-refractivity contribution >= 4 is 21.6 Å². The van der Waals surface area contributed by atoms with E-state index < -0.39 is 10.0 Å². The number of sulfonamides is 1. The van der Waals surface area contributed by atoms with E-state index in [1.165, 1.54) is 4.31 Å². The molecule has 4 rings (SSSR count). The van der Waals surface area contributed by atoms with E-state index in [1.54, 1.807) is 24.5 Å². The predicted molar refractivity (Wildman–Crippen MR) is 126 cm³/mol. The van der Waals surface area contributed by atoms with E-state index in [4.69, 9.17) is 9.15 Å². The molecule has 2 saturated heterocycles. The third kappa shape index (κ3) is 5.77. The standard InChI is InChI=1S/C24H33N3O5S/c1-19(7-8-20-6-5-15-32-20)25-24(28)22-18-21(33(29,30)27-11-3-2-4-12-27)9-10-23(22)26-13-16-31-17-14-26/h5-6,9-10,15,18-19H,2-4,7-8,11-14,16-17H2,1H3,(H,25,28). The van der Waals surface area contributed by atoms with Gasteiger partial charge in [0.25, 0.3) is 5.91 Å². The molecule has 9 heteroatoms. The number of rotatable bonds is 8. The second kappa shape index (κ2) is 10.7. The van der Waals surface area contributed by atoms with Crippen molar-refractivity contribution in [2.24, 2.45) is 0 Å². The van der Waals surface area contributed by atoms with Crippen molar-refractivity contribution in [3.63, 3.8) is 0 Å². The van der Waals surface area contributed by atoms with Gasteiger partial charge in [0.1, 0.15) is 5.76 Å². The molecule has 0 saturated carbocycles. The van der Waals surface area contributed by atoms with E-state index in [2.05, 4.69) is 10.2 Å². The average Bonchev–Trinajstić information content (AvgIpc) is 3.37. The number of aryl methyl sites for hydroxylation is 1. The number of carbonyl (C=O) groups is 1. The van der Waals surface area contributed by atoms with Gasteiger partial charge in [0.15, 0.2) is 0 Å². The molecule has 1 unspecified atom stereocenters. The lowest BCUT2D eigenvalue weighted by Crippen LogP contribution is -2.39. The minimum absolute atomic E-state index is 0.0949. The largest absolute Gasteiger partial charge is 0.469 e. The van der Waals surface area contributed by atoms with Crippen molar-refractivity contribution in [2.75, 3.05) is 44.3 Å². The number of hydrogen-bond donors (Lipinski definition) is 1. The van der Waals surface area contributed by atoms with Crippen LogP contribution in [0.2, 0.25) is 0 Å². The van der Waals surface area contributed by atoms with Gasteiger partial charge in [-0.1, -0.05) is 6.42 Å². The van der Waals surface area contributed by atoms with Crippen molar-refractivity contribution in [1.29, 1.82) is 0 Å². The number of piperidine rings is 1. The first-order valence-electron chi connectivity index (χ1n) is 11.8. The van der Waals surface area contributed by atoms with Crippen LogP contribution < -0.4 is 10.2 Å². The SMILES string of the molecule is CC(CCc1ccco1)NC(=O)c1cc(S(=O)(=O)N2CCCCC2)ccc1N1CCOCC1. The molecule has 0 spiro atoms. The minimum Gasteiger partial charge on any atom is -0.469 e. The Morgan fingerprint density at radius 3 is 2.55 bits per heavy atom. The Kier molecular flexibility index (Phi) is 7.72. The maximum absolute atomic E-state index is 13.3. The molecule has 180 valence electrons. The van der Waals surface area contributed by atoms with E-state index in [1.807, 2.05) is 19.1 Å². The Labute approximate surface area is 195 Å². The number of anilines is 1. The Morgan fingerprint density at radius 2 is 1.85 bits per heavy atom. The van der Waals surface area contributed by atoms with Gasteiger partial charge < -0.3 is 19.4 Å². The van der Waals surface area contributed by atoms with Crippen LogP contribution in [0.25, 0.3) is 0 Å². The summed E-state index contributed by atoms with van der Waals surface area (Å²) < 4.78 is 38.9. The lowest BCUT2D eigenvalue weighted by Gasteiger charge is -2.31. The highest BCUT2D eigenvalue weighted by atomic mass is 32.2. The molecular weight excluding hydrogens is 442 g/mol. The number of furan rings is 1. The van der Waals surface area contributed by atoms with Gasteiger partial charge in [0.2, 0.25) is 10.0 Å². The van der Waals surface area contributed by atoms with E-state index in [9.17, 15) is 13.2 Å². The van der Waals surface area contributed by atoms with Crippen LogP contribution in [0.3, 0.4) is 0 Å². The minimum atomic E-state index is -3.64. The topological polar surface area (TPSA) is 92.1 Å². The van der Waals surface area contributed by atoms with Crippen LogP contribution >= 0.6 is 0 Å². The molecule has 0 radical (unpaired) electrons. The number of ether oxygens (including phenoxy) is 1. The summed E-state index contributed by atoms with van der Waals surface area (Å²) in [7, 11) is -3.64. The van der Waals surface area contributed by atoms with Gasteiger partial charge >= 0.3 is 0 Å². The van der Waals surface area contributed by atoms with E-state index >= 15 is 0 Å². The summed E-state index contributed by atoms with van der Waals surface area (Å²) in [4.78, 5) is 15.6. The summed E-state index contributed by atoms with van der Waals surface area (Å²) in [6, 6.07) is 8.61. The van der Waals surface area contributed by atoms with Crippen molar-refractivity contribution in [2.45, 2.75) is 50.0 Å². The second-order valence-electron chi connectivity index (χ2n) is 8.74. The molecule has 1 aromatic heterocycles. The first-order valence-corrected chi connectivity index (χ1v) is 13.2. The lowest BCUT2D eigenvalue weighted by atomic mass is 10.1. The monoisotopic (exact) mass is 475 g/mol. The Bertz CT molecular complexity index is 1030. The number of carbonyl (C=O) groups excluding carboxylic acids is 1. The van der Waals surface area contributed by atoms with Crippen molar-refractivity contribution < 1.29 is 22.4 Å². The molecule has 0 bridgehead atoms. The summed E-state index contributed by atoms with van der Waals surface area (Å²) in [5.41, 5.74) is 1.13. The van der Waals surface area contributed by atoms with Gasteiger partial charge in [-0.15, -0.1) is 0 Å². The predicted octanol–water partition coefficient (Wildman–Crippen LogP) is 3.04. The Morgan fingerprint density at radius 1 is 1.09 bits per heavy atom. The molecule has 0 aliphatic carbocycles. The normalized spacial score (nSPS) is 18.8. The fourth-order valence-electron chi connectivity index (χ4n) is 4.38. The van der Waals surface area contributed by atoms with Gasteiger partial charge in [-0.25, -0.2) is 8.42 Å². The van der Waals surface area contributed by atoms with Crippen LogP contribution in [0.15, 0.2) is 45.9 Å². The highest BCUT2D eigenvalue weighted by Gasteiger charge is 2.29. The smallest absolute Gasteiger partial charge is 0.253 e. The quantitative estimate of drug-likeness (QED) is 0.631. The van der Waals surface area contributed by atoms with Crippen molar-refractivity contribution in [1.82, 2.24) is 9.62 Å². The Hall–Kier alpha value is -2.36. The molecule has 8 nitrogen and oxygen atoms in total. The van der Waals surface area contributed by atoms with Gasteiger partial charge in [0, 0.05) is 44.3 Å². The van der Waals surface area contributed by atoms with Gasteiger partial charge in [-0.3, -0.25) is 4.79 Å². The molecule has 1 aromatic carbocycles. The molecule has 33 heavy (non-hydrogen) atoms. The fourth-order valence-corrected chi connectivity index (χ4v) is 5.92. The molecule has 2 aromatic rings. The number of amides is 1. The second-order valence-corrected chi connectivity index (χ2v) is 10.7. The van der Waals surface area contributed by atoms with Crippen molar-refractivity contribution in [3.8, 4) is 0 Å². The molecule has 1 amide bonds. The van der Waals surface area contributed by atoms with E-state index in [0.717, 1.165) is 37.1 Å². The summed E-state index contributed by atoms with van der Waals surface area (Å²) in [6.45, 7) is 5.48. The van der Waals surface area contributed by atoms with E-state index in [-0.39, 0.29) is 16.8 Å².